The van der Waals surface area contributed by atoms with Gasteiger partial charge in [0, 0.05) is 47.7 Å². The number of piperidine rings is 1. The average Bonchev–Trinajstić information content (AvgIpc) is 3.66. The van der Waals surface area contributed by atoms with Gasteiger partial charge in [-0.2, -0.15) is 0 Å². The number of carbonyl (C=O) groups is 2. The van der Waals surface area contributed by atoms with Crippen LogP contribution in [0.15, 0.2) is 47.0 Å². The molecular weight excluding hydrogens is 550 g/mol. The minimum absolute atomic E-state index is 0.103. The number of hydroxylamine groups is 1. The quantitative estimate of drug-likeness (QED) is 0.244. The average molecular weight is 584 g/mol. The van der Waals surface area contributed by atoms with Gasteiger partial charge in [-0.25, -0.2) is 5.48 Å². The molecule has 0 atom stereocenters. The number of amides is 2. The minimum atomic E-state index is -0.345. The lowest BCUT2D eigenvalue weighted by Crippen LogP contribution is -2.46. The molecule has 0 aliphatic carbocycles. The second kappa shape index (κ2) is 12.1. The van der Waals surface area contributed by atoms with E-state index in [4.69, 9.17) is 21.0 Å². The van der Waals surface area contributed by atoms with Crippen LogP contribution in [0.25, 0.3) is 21.5 Å². The number of likely N-dealkylation sites (tertiary alicyclic amines) is 1. The maximum Gasteiger partial charge on any atom is 0.274 e. The Bertz CT molecular complexity index is 1500. The Morgan fingerprint density at radius 3 is 2.55 bits per heavy atom. The molecule has 1 aromatic carbocycles. The van der Waals surface area contributed by atoms with E-state index in [1.807, 2.05) is 48.7 Å². The van der Waals surface area contributed by atoms with Gasteiger partial charge in [-0.15, -0.1) is 11.3 Å². The smallest absolute Gasteiger partial charge is 0.274 e. The van der Waals surface area contributed by atoms with Crippen molar-refractivity contribution in [2.45, 2.75) is 65.3 Å². The van der Waals surface area contributed by atoms with Gasteiger partial charge in [0.2, 0.25) is 0 Å². The SMILES string of the molecule is CC(C)ONC(=O)c1ccc2c(c1)cc(C(=O)NC1CCN(C(C)C)CC1)n2Cc1cc(-c2ccc(Cl)s2)on1. The lowest BCUT2D eigenvalue weighted by atomic mass is 10.0. The van der Waals surface area contributed by atoms with Crippen LogP contribution < -0.4 is 10.8 Å². The van der Waals surface area contributed by atoms with Gasteiger partial charge in [-0.1, -0.05) is 16.8 Å². The summed E-state index contributed by atoms with van der Waals surface area (Å²) in [5.41, 5.74) is 4.90. The topological polar surface area (TPSA) is 102 Å². The molecule has 11 heteroatoms. The van der Waals surface area contributed by atoms with Crippen molar-refractivity contribution in [1.29, 1.82) is 0 Å². The molecular formula is C29H34ClN5O4S. The normalized spacial score (nSPS) is 14.9. The summed E-state index contributed by atoms with van der Waals surface area (Å²) in [6, 6.07) is 13.3. The first-order chi connectivity index (χ1) is 19.2. The highest BCUT2D eigenvalue weighted by molar-refractivity contribution is 7.19. The van der Waals surface area contributed by atoms with Crippen molar-refractivity contribution < 1.29 is 18.9 Å². The number of fused-ring (bicyclic) bond motifs is 1. The number of aromatic nitrogens is 2. The van der Waals surface area contributed by atoms with E-state index in [0.717, 1.165) is 41.7 Å². The summed E-state index contributed by atoms with van der Waals surface area (Å²) in [5.74, 6) is 0.125. The van der Waals surface area contributed by atoms with E-state index in [1.54, 1.807) is 12.1 Å². The van der Waals surface area contributed by atoms with Crippen LogP contribution in [0.5, 0.6) is 0 Å². The maximum absolute atomic E-state index is 13.6. The molecule has 40 heavy (non-hydrogen) atoms. The molecule has 0 radical (unpaired) electrons. The molecule has 0 spiro atoms. The second-order valence-electron chi connectivity index (χ2n) is 10.7. The van der Waals surface area contributed by atoms with Gasteiger partial charge in [0.15, 0.2) is 5.76 Å². The van der Waals surface area contributed by atoms with Crippen molar-refractivity contribution >= 4 is 45.7 Å². The molecule has 0 saturated carbocycles. The molecule has 1 aliphatic rings. The third kappa shape index (κ3) is 6.41. The third-order valence-corrected chi connectivity index (χ3v) is 8.32. The van der Waals surface area contributed by atoms with E-state index in [0.29, 0.717) is 39.6 Å². The van der Waals surface area contributed by atoms with Crippen LogP contribution in [0.3, 0.4) is 0 Å². The fourth-order valence-electron chi connectivity index (χ4n) is 4.93. The van der Waals surface area contributed by atoms with Gasteiger partial charge < -0.3 is 19.3 Å². The summed E-state index contributed by atoms with van der Waals surface area (Å²) in [6.45, 7) is 10.3. The molecule has 1 aliphatic heterocycles. The molecule has 0 unspecified atom stereocenters. The van der Waals surface area contributed by atoms with Crippen molar-refractivity contribution in [3.8, 4) is 10.6 Å². The molecule has 2 amide bonds. The summed E-state index contributed by atoms with van der Waals surface area (Å²) in [7, 11) is 0. The number of nitrogens with zero attached hydrogens (tertiary/aromatic N) is 3. The molecule has 1 saturated heterocycles. The lowest BCUT2D eigenvalue weighted by molar-refractivity contribution is 0.000199. The summed E-state index contributed by atoms with van der Waals surface area (Å²) in [5, 5.41) is 8.27. The Morgan fingerprint density at radius 2 is 1.88 bits per heavy atom. The molecule has 4 aromatic rings. The predicted octanol–water partition coefficient (Wildman–Crippen LogP) is 5.73. The zero-order chi connectivity index (χ0) is 28.4. The van der Waals surface area contributed by atoms with Gasteiger partial charge in [0.05, 0.1) is 21.9 Å². The van der Waals surface area contributed by atoms with Gasteiger partial charge in [0.1, 0.15) is 11.4 Å². The number of halogens is 1. The number of hydrogen-bond acceptors (Lipinski definition) is 7. The van der Waals surface area contributed by atoms with Crippen LogP contribution in [0.2, 0.25) is 4.34 Å². The number of nitrogens with one attached hydrogen (secondary N) is 2. The zero-order valence-electron chi connectivity index (χ0n) is 23.1. The molecule has 2 N–H and O–H groups in total. The number of thiophene rings is 1. The monoisotopic (exact) mass is 583 g/mol. The number of benzene rings is 1. The summed E-state index contributed by atoms with van der Waals surface area (Å²) < 4.78 is 8.18. The molecule has 5 rings (SSSR count). The van der Waals surface area contributed by atoms with Crippen LogP contribution in [-0.2, 0) is 11.4 Å². The van der Waals surface area contributed by atoms with Crippen LogP contribution in [0.4, 0.5) is 0 Å². The van der Waals surface area contributed by atoms with E-state index in [-0.39, 0.29) is 24.0 Å². The second-order valence-corrected chi connectivity index (χ2v) is 12.4. The van der Waals surface area contributed by atoms with Crippen LogP contribution >= 0.6 is 22.9 Å². The first-order valence-electron chi connectivity index (χ1n) is 13.5. The molecule has 212 valence electrons. The lowest BCUT2D eigenvalue weighted by Gasteiger charge is -2.34. The zero-order valence-corrected chi connectivity index (χ0v) is 24.6. The van der Waals surface area contributed by atoms with Gasteiger partial charge >= 0.3 is 0 Å². The largest absolute Gasteiger partial charge is 0.355 e. The van der Waals surface area contributed by atoms with Gasteiger partial charge in [-0.05, 0) is 76.9 Å². The first kappa shape index (κ1) is 28.4. The summed E-state index contributed by atoms with van der Waals surface area (Å²) in [4.78, 5) is 34.8. The highest BCUT2D eigenvalue weighted by Crippen LogP contribution is 2.32. The number of hydrogen-bond donors (Lipinski definition) is 2. The fraction of sp³-hybridized carbons (Fsp3) is 0.414. The highest BCUT2D eigenvalue weighted by atomic mass is 35.5. The van der Waals surface area contributed by atoms with Crippen molar-refractivity contribution in [1.82, 2.24) is 25.4 Å². The molecule has 1 fully saturated rings. The molecule has 3 aromatic heterocycles. The van der Waals surface area contributed by atoms with Crippen LogP contribution in [0, 0.1) is 0 Å². The van der Waals surface area contributed by atoms with E-state index < -0.39 is 0 Å². The van der Waals surface area contributed by atoms with E-state index >= 15 is 0 Å². The Balaban J connectivity index is 1.43. The van der Waals surface area contributed by atoms with Crippen LogP contribution in [0.1, 0.15) is 67.1 Å². The number of rotatable bonds is 9. The van der Waals surface area contributed by atoms with Crippen molar-refractivity contribution in [2.75, 3.05) is 13.1 Å². The molecule has 0 bridgehead atoms. The number of carbonyl (C=O) groups excluding carboxylic acids is 2. The first-order valence-corrected chi connectivity index (χ1v) is 14.7. The van der Waals surface area contributed by atoms with E-state index in [2.05, 4.69) is 34.7 Å². The van der Waals surface area contributed by atoms with E-state index in [9.17, 15) is 9.59 Å². The van der Waals surface area contributed by atoms with Gasteiger partial charge in [0.25, 0.3) is 11.8 Å². The van der Waals surface area contributed by atoms with Crippen molar-refractivity contribution in [2.24, 2.45) is 0 Å². The van der Waals surface area contributed by atoms with Gasteiger partial charge in [-0.3, -0.25) is 14.4 Å². The highest BCUT2D eigenvalue weighted by Gasteiger charge is 2.25. The summed E-state index contributed by atoms with van der Waals surface area (Å²) in [6.07, 6.45) is 1.66. The Hall–Kier alpha value is -3.18. The third-order valence-electron chi connectivity index (χ3n) is 7.07. The minimum Gasteiger partial charge on any atom is -0.355 e. The Labute approximate surface area is 242 Å². The van der Waals surface area contributed by atoms with Crippen molar-refractivity contribution in [3.63, 3.8) is 0 Å². The Morgan fingerprint density at radius 1 is 1.10 bits per heavy atom. The van der Waals surface area contributed by atoms with Crippen molar-refractivity contribution in [3.05, 3.63) is 63.8 Å². The standard InChI is InChI=1S/C29H34ClN5O4S/c1-17(2)34-11-9-21(10-12-34)31-29(37)24-14-20-13-19(28(36)33-38-18(3)4)5-6-23(20)35(24)16-22-15-25(39-32-22)26-7-8-27(30)40-26/h5-8,13-15,17-18,21H,9-12,16H2,1-4H3,(H,31,37)(H,33,36). The Kier molecular flexibility index (Phi) is 8.60. The fourth-order valence-corrected chi connectivity index (χ4v) is 5.92. The molecule has 9 nitrogen and oxygen atoms in total. The molecule has 4 heterocycles. The van der Waals surface area contributed by atoms with E-state index in [1.165, 1.54) is 11.3 Å². The van der Waals surface area contributed by atoms with Crippen LogP contribution in [-0.4, -0.2) is 57.7 Å². The predicted molar refractivity (Wildman–Crippen MR) is 157 cm³/mol. The maximum atomic E-state index is 13.6. The summed E-state index contributed by atoms with van der Waals surface area (Å²) >= 11 is 7.51.